The van der Waals surface area contributed by atoms with Crippen molar-refractivity contribution in [2.45, 2.75) is 12.8 Å². The Kier molecular flexibility index (Phi) is 4.85. The molecule has 150 valence electrons. The van der Waals surface area contributed by atoms with Crippen molar-refractivity contribution >= 4 is 28.7 Å². The molecule has 4 aromatic rings. The maximum absolute atomic E-state index is 12.8. The first-order valence-electron chi connectivity index (χ1n) is 10.2. The lowest BCUT2D eigenvalue weighted by atomic mass is 9.97. The lowest BCUT2D eigenvalue weighted by Crippen LogP contribution is -2.41. The van der Waals surface area contributed by atoms with E-state index in [1.54, 1.807) is 0 Å². The number of rotatable bonds is 4. The standard InChI is InChI=1S/C23H22N6O/c30-22(26-23-24-19-10-4-5-11-20(19)25-23)17-9-6-14-29(15-17)21-13-12-18(27-28-21)16-7-2-1-3-8-16/h1-5,7-8,10-13,17H,6,9,14-15H2,(H2,24,25,26,30)/t17-/m0/s1. The van der Waals surface area contributed by atoms with E-state index in [4.69, 9.17) is 0 Å². The molecule has 0 spiro atoms. The maximum atomic E-state index is 12.8. The predicted molar refractivity (Wildman–Crippen MR) is 117 cm³/mol. The second kappa shape index (κ2) is 7.94. The lowest BCUT2D eigenvalue weighted by Gasteiger charge is -2.32. The molecule has 1 amide bonds. The molecule has 1 atom stereocenters. The summed E-state index contributed by atoms with van der Waals surface area (Å²) in [5, 5.41) is 11.7. The van der Waals surface area contributed by atoms with Gasteiger partial charge in [0, 0.05) is 18.7 Å². The number of fused-ring (bicyclic) bond motifs is 1. The molecule has 2 aromatic carbocycles. The van der Waals surface area contributed by atoms with Gasteiger partial charge in [-0.3, -0.25) is 10.1 Å². The molecule has 1 aliphatic rings. The van der Waals surface area contributed by atoms with Crippen LogP contribution in [0.2, 0.25) is 0 Å². The van der Waals surface area contributed by atoms with Gasteiger partial charge in [-0.25, -0.2) is 4.98 Å². The Balaban J connectivity index is 1.26. The number of piperidine rings is 1. The molecule has 0 bridgehead atoms. The molecule has 1 fully saturated rings. The van der Waals surface area contributed by atoms with E-state index in [2.05, 4.69) is 30.4 Å². The number of benzene rings is 2. The first-order valence-corrected chi connectivity index (χ1v) is 10.2. The monoisotopic (exact) mass is 398 g/mol. The number of carbonyl (C=O) groups excluding carboxylic acids is 1. The summed E-state index contributed by atoms with van der Waals surface area (Å²) in [7, 11) is 0. The van der Waals surface area contributed by atoms with Crippen LogP contribution < -0.4 is 10.2 Å². The van der Waals surface area contributed by atoms with Gasteiger partial charge in [0.1, 0.15) is 0 Å². The van der Waals surface area contributed by atoms with E-state index in [9.17, 15) is 4.79 Å². The Morgan fingerprint density at radius 2 is 1.83 bits per heavy atom. The van der Waals surface area contributed by atoms with E-state index in [1.807, 2.05) is 66.7 Å². The molecule has 2 aromatic heterocycles. The third-order valence-electron chi connectivity index (χ3n) is 5.47. The topological polar surface area (TPSA) is 86.8 Å². The average Bonchev–Trinajstić information content (AvgIpc) is 3.22. The molecule has 1 aliphatic heterocycles. The summed E-state index contributed by atoms with van der Waals surface area (Å²) >= 11 is 0. The summed E-state index contributed by atoms with van der Waals surface area (Å²) in [6.07, 6.45) is 1.78. The molecule has 0 radical (unpaired) electrons. The molecule has 0 aliphatic carbocycles. The number of para-hydroxylation sites is 2. The minimum atomic E-state index is -0.123. The molecule has 3 heterocycles. The van der Waals surface area contributed by atoms with Gasteiger partial charge in [-0.05, 0) is 37.1 Å². The number of amides is 1. The molecule has 0 unspecified atom stereocenters. The lowest BCUT2D eigenvalue weighted by molar-refractivity contribution is -0.120. The Morgan fingerprint density at radius 3 is 2.63 bits per heavy atom. The molecule has 5 rings (SSSR count). The summed E-state index contributed by atoms with van der Waals surface area (Å²) in [6.45, 7) is 1.49. The number of aromatic nitrogens is 4. The number of imidazole rings is 1. The van der Waals surface area contributed by atoms with Crippen molar-refractivity contribution in [3.05, 3.63) is 66.7 Å². The maximum Gasteiger partial charge on any atom is 0.231 e. The number of H-pyrrole nitrogens is 1. The van der Waals surface area contributed by atoms with Gasteiger partial charge in [0.25, 0.3) is 0 Å². The van der Waals surface area contributed by atoms with Crippen LogP contribution in [0.4, 0.5) is 11.8 Å². The minimum Gasteiger partial charge on any atom is -0.354 e. The van der Waals surface area contributed by atoms with Crippen LogP contribution in [0.25, 0.3) is 22.3 Å². The van der Waals surface area contributed by atoms with Crippen LogP contribution in [0.5, 0.6) is 0 Å². The Morgan fingerprint density at radius 1 is 1.00 bits per heavy atom. The van der Waals surface area contributed by atoms with Gasteiger partial charge in [0.2, 0.25) is 11.9 Å². The van der Waals surface area contributed by atoms with Crippen LogP contribution in [-0.4, -0.2) is 39.2 Å². The number of anilines is 2. The van der Waals surface area contributed by atoms with Crippen molar-refractivity contribution in [3.63, 3.8) is 0 Å². The van der Waals surface area contributed by atoms with Crippen molar-refractivity contribution in [2.24, 2.45) is 5.92 Å². The van der Waals surface area contributed by atoms with E-state index in [0.29, 0.717) is 12.5 Å². The van der Waals surface area contributed by atoms with Crippen LogP contribution >= 0.6 is 0 Å². The van der Waals surface area contributed by atoms with Gasteiger partial charge in [-0.1, -0.05) is 42.5 Å². The van der Waals surface area contributed by atoms with E-state index < -0.39 is 0 Å². The van der Waals surface area contributed by atoms with E-state index in [1.165, 1.54) is 0 Å². The molecular weight excluding hydrogens is 376 g/mol. The highest BCUT2D eigenvalue weighted by molar-refractivity contribution is 5.93. The highest BCUT2D eigenvalue weighted by atomic mass is 16.2. The van der Waals surface area contributed by atoms with Gasteiger partial charge in [0.15, 0.2) is 5.82 Å². The van der Waals surface area contributed by atoms with Crippen molar-refractivity contribution in [2.75, 3.05) is 23.3 Å². The normalized spacial score (nSPS) is 16.5. The Labute approximate surface area is 174 Å². The van der Waals surface area contributed by atoms with Crippen molar-refractivity contribution in [1.29, 1.82) is 0 Å². The van der Waals surface area contributed by atoms with Gasteiger partial charge in [0.05, 0.1) is 22.6 Å². The van der Waals surface area contributed by atoms with Crippen LogP contribution in [0.1, 0.15) is 12.8 Å². The zero-order valence-corrected chi connectivity index (χ0v) is 16.5. The minimum absolute atomic E-state index is 0.0207. The summed E-state index contributed by atoms with van der Waals surface area (Å²) in [6, 6.07) is 21.7. The van der Waals surface area contributed by atoms with Crippen molar-refractivity contribution < 1.29 is 4.79 Å². The molecule has 7 nitrogen and oxygen atoms in total. The summed E-state index contributed by atoms with van der Waals surface area (Å²) < 4.78 is 0. The molecule has 0 saturated carbocycles. The van der Waals surface area contributed by atoms with Gasteiger partial charge in [-0.2, -0.15) is 0 Å². The second-order valence-electron chi connectivity index (χ2n) is 7.52. The fourth-order valence-corrected chi connectivity index (χ4v) is 3.89. The summed E-state index contributed by atoms with van der Waals surface area (Å²) in [5.74, 6) is 1.15. The third-order valence-corrected chi connectivity index (χ3v) is 5.47. The number of hydrogen-bond donors (Lipinski definition) is 2. The summed E-state index contributed by atoms with van der Waals surface area (Å²) in [5.41, 5.74) is 3.63. The number of nitrogens with zero attached hydrogens (tertiary/aromatic N) is 4. The molecular formula is C23H22N6O. The SMILES string of the molecule is O=C(Nc1nc2ccccc2[nH]1)[C@H]1CCCN(c2ccc(-c3ccccc3)nn2)C1. The van der Waals surface area contributed by atoms with Crippen molar-refractivity contribution in [1.82, 2.24) is 20.2 Å². The van der Waals surface area contributed by atoms with Crippen LogP contribution in [-0.2, 0) is 4.79 Å². The van der Waals surface area contributed by atoms with Crippen LogP contribution in [0.15, 0.2) is 66.7 Å². The van der Waals surface area contributed by atoms with Crippen LogP contribution in [0.3, 0.4) is 0 Å². The highest BCUT2D eigenvalue weighted by Gasteiger charge is 2.27. The first kappa shape index (κ1) is 18.3. The number of aromatic amines is 1. The quantitative estimate of drug-likeness (QED) is 0.545. The summed E-state index contributed by atoms with van der Waals surface area (Å²) in [4.78, 5) is 22.6. The molecule has 30 heavy (non-hydrogen) atoms. The number of carbonyl (C=O) groups is 1. The van der Waals surface area contributed by atoms with E-state index in [0.717, 1.165) is 47.5 Å². The number of hydrogen-bond acceptors (Lipinski definition) is 5. The predicted octanol–water partition coefficient (Wildman–Crippen LogP) is 3.88. The molecule has 2 N–H and O–H groups in total. The smallest absolute Gasteiger partial charge is 0.231 e. The van der Waals surface area contributed by atoms with Gasteiger partial charge >= 0.3 is 0 Å². The zero-order chi connectivity index (χ0) is 20.3. The van der Waals surface area contributed by atoms with Crippen LogP contribution in [0, 0.1) is 5.92 Å². The largest absolute Gasteiger partial charge is 0.354 e. The van der Waals surface area contributed by atoms with E-state index in [-0.39, 0.29) is 11.8 Å². The van der Waals surface area contributed by atoms with Crippen molar-refractivity contribution in [3.8, 4) is 11.3 Å². The van der Waals surface area contributed by atoms with Gasteiger partial charge < -0.3 is 9.88 Å². The number of nitrogens with one attached hydrogen (secondary N) is 2. The first-order chi connectivity index (χ1) is 14.8. The highest BCUT2D eigenvalue weighted by Crippen LogP contribution is 2.24. The Hall–Kier alpha value is -3.74. The third kappa shape index (κ3) is 3.74. The zero-order valence-electron chi connectivity index (χ0n) is 16.5. The molecule has 7 heteroatoms. The fraction of sp³-hybridized carbons (Fsp3) is 0.217. The van der Waals surface area contributed by atoms with E-state index >= 15 is 0 Å². The molecule has 1 saturated heterocycles. The Bertz CT molecular complexity index is 1120. The average molecular weight is 398 g/mol. The second-order valence-corrected chi connectivity index (χ2v) is 7.52. The fourth-order valence-electron chi connectivity index (χ4n) is 3.89. The van der Waals surface area contributed by atoms with Gasteiger partial charge in [-0.15, -0.1) is 10.2 Å².